The summed E-state index contributed by atoms with van der Waals surface area (Å²) in [5.74, 6) is 1.06. The van der Waals surface area contributed by atoms with Gasteiger partial charge >= 0.3 is 0 Å². The highest BCUT2D eigenvalue weighted by atomic mass is 16.2. The highest BCUT2D eigenvalue weighted by Gasteiger charge is 2.07. The highest BCUT2D eigenvalue weighted by molar-refractivity contribution is 5.45. The summed E-state index contributed by atoms with van der Waals surface area (Å²) in [6.07, 6.45) is 6.04. The van der Waals surface area contributed by atoms with Crippen LogP contribution in [0.1, 0.15) is 38.2 Å². The summed E-state index contributed by atoms with van der Waals surface area (Å²) in [4.78, 5) is 6.70. The number of unbranched alkanes of at least 4 members (excludes halogenated alkanes) is 2. The van der Waals surface area contributed by atoms with Gasteiger partial charge in [0.05, 0.1) is 0 Å². The van der Waals surface area contributed by atoms with E-state index in [9.17, 15) is 0 Å². The van der Waals surface area contributed by atoms with Gasteiger partial charge in [-0.2, -0.15) is 0 Å². The van der Waals surface area contributed by atoms with Crippen molar-refractivity contribution in [1.82, 2.24) is 10.3 Å². The van der Waals surface area contributed by atoms with Gasteiger partial charge in [-0.1, -0.05) is 13.0 Å². The first-order valence-corrected chi connectivity index (χ1v) is 7.26. The molecule has 4 nitrogen and oxygen atoms in total. The van der Waals surface area contributed by atoms with Crippen LogP contribution in [-0.4, -0.2) is 36.8 Å². The second-order valence-electron chi connectivity index (χ2n) is 4.87. The first-order chi connectivity index (χ1) is 9.29. The van der Waals surface area contributed by atoms with Crippen molar-refractivity contribution in [3.05, 3.63) is 23.9 Å². The molecule has 0 aliphatic rings. The van der Waals surface area contributed by atoms with Crippen LogP contribution in [0.4, 0.5) is 5.82 Å². The van der Waals surface area contributed by atoms with Gasteiger partial charge in [0.25, 0.3) is 0 Å². The highest BCUT2D eigenvalue weighted by Crippen LogP contribution is 2.16. The predicted molar refractivity (Wildman–Crippen MR) is 80.4 cm³/mol. The summed E-state index contributed by atoms with van der Waals surface area (Å²) >= 11 is 0. The maximum atomic E-state index is 8.78. The summed E-state index contributed by atoms with van der Waals surface area (Å²) in [6.45, 7) is 5.36. The van der Waals surface area contributed by atoms with E-state index in [-0.39, 0.29) is 0 Å². The van der Waals surface area contributed by atoms with Gasteiger partial charge in [0.15, 0.2) is 0 Å². The number of anilines is 1. The number of aromatic nitrogens is 1. The number of pyridine rings is 1. The summed E-state index contributed by atoms with van der Waals surface area (Å²) in [5.41, 5.74) is 1.25. The van der Waals surface area contributed by atoms with E-state index in [1.165, 1.54) is 5.56 Å². The van der Waals surface area contributed by atoms with E-state index < -0.39 is 0 Å². The number of rotatable bonds is 10. The molecule has 2 N–H and O–H groups in total. The zero-order valence-electron chi connectivity index (χ0n) is 12.2. The Kier molecular flexibility index (Phi) is 8.18. The molecule has 0 saturated carbocycles. The molecule has 0 aromatic carbocycles. The summed E-state index contributed by atoms with van der Waals surface area (Å²) in [5, 5.41) is 12.2. The fourth-order valence-corrected chi connectivity index (χ4v) is 2.06. The fraction of sp³-hybridized carbons (Fsp3) is 0.667. The van der Waals surface area contributed by atoms with Crippen LogP contribution in [-0.2, 0) is 6.54 Å². The molecule has 0 aliphatic heterocycles. The average Bonchev–Trinajstić information content (AvgIpc) is 2.44. The first kappa shape index (κ1) is 15.9. The summed E-state index contributed by atoms with van der Waals surface area (Å²) in [7, 11) is 2.09. The van der Waals surface area contributed by atoms with Crippen LogP contribution in [0.15, 0.2) is 18.3 Å². The normalized spacial score (nSPS) is 10.7. The Morgan fingerprint density at radius 3 is 2.89 bits per heavy atom. The third-order valence-electron chi connectivity index (χ3n) is 3.12. The van der Waals surface area contributed by atoms with Crippen molar-refractivity contribution in [3.63, 3.8) is 0 Å². The molecule has 0 unspecified atom stereocenters. The van der Waals surface area contributed by atoms with Gasteiger partial charge in [0, 0.05) is 38.5 Å². The van der Waals surface area contributed by atoms with Crippen LogP contribution in [0.3, 0.4) is 0 Å². The smallest absolute Gasteiger partial charge is 0.132 e. The molecule has 0 saturated heterocycles. The number of aliphatic hydroxyl groups is 1. The lowest BCUT2D eigenvalue weighted by molar-refractivity contribution is 0.283. The monoisotopic (exact) mass is 265 g/mol. The third-order valence-corrected chi connectivity index (χ3v) is 3.12. The van der Waals surface area contributed by atoms with Crippen molar-refractivity contribution in [1.29, 1.82) is 0 Å². The molecule has 0 fully saturated rings. The van der Waals surface area contributed by atoms with E-state index >= 15 is 0 Å². The molecule has 0 radical (unpaired) electrons. The molecular formula is C15H27N3O. The van der Waals surface area contributed by atoms with Crippen LogP contribution in [0.25, 0.3) is 0 Å². The van der Waals surface area contributed by atoms with E-state index in [4.69, 9.17) is 5.11 Å². The third kappa shape index (κ3) is 6.03. The Hall–Kier alpha value is -1.13. The van der Waals surface area contributed by atoms with E-state index in [1.54, 1.807) is 0 Å². The topological polar surface area (TPSA) is 48.4 Å². The standard InChI is InChI=1S/C15H27N3O/c1-3-9-16-13-14-8-7-10-17-15(14)18(2)11-5-4-6-12-19/h7-8,10,16,19H,3-6,9,11-13H2,1-2H3. The Balaban J connectivity index is 2.50. The van der Waals surface area contributed by atoms with E-state index in [2.05, 4.69) is 35.2 Å². The van der Waals surface area contributed by atoms with E-state index in [1.807, 2.05) is 12.3 Å². The molecule has 1 aromatic heterocycles. The second-order valence-corrected chi connectivity index (χ2v) is 4.87. The van der Waals surface area contributed by atoms with Crippen molar-refractivity contribution in [2.24, 2.45) is 0 Å². The SMILES string of the molecule is CCCNCc1cccnc1N(C)CCCCCO. The van der Waals surface area contributed by atoms with Crippen molar-refractivity contribution in [3.8, 4) is 0 Å². The molecule has 0 bridgehead atoms. The Labute approximate surface area is 116 Å². The molecule has 1 aromatic rings. The van der Waals surface area contributed by atoms with Crippen molar-refractivity contribution in [2.75, 3.05) is 31.6 Å². The number of nitrogens with zero attached hydrogens (tertiary/aromatic N) is 2. The zero-order valence-corrected chi connectivity index (χ0v) is 12.2. The van der Waals surface area contributed by atoms with Gasteiger partial charge in [-0.25, -0.2) is 4.98 Å². The van der Waals surface area contributed by atoms with Crippen LogP contribution >= 0.6 is 0 Å². The molecule has 4 heteroatoms. The molecule has 0 aliphatic carbocycles. The molecule has 0 spiro atoms. The second kappa shape index (κ2) is 9.75. The number of hydrogen-bond acceptors (Lipinski definition) is 4. The van der Waals surface area contributed by atoms with Gasteiger partial charge in [0.1, 0.15) is 5.82 Å². The average molecular weight is 265 g/mol. The molecule has 0 atom stereocenters. The summed E-state index contributed by atoms with van der Waals surface area (Å²) in [6, 6.07) is 4.13. The lowest BCUT2D eigenvalue weighted by Crippen LogP contribution is -2.23. The zero-order chi connectivity index (χ0) is 13.9. The Morgan fingerprint density at radius 2 is 2.16 bits per heavy atom. The van der Waals surface area contributed by atoms with Crippen molar-refractivity contribution in [2.45, 2.75) is 39.2 Å². The molecule has 1 rings (SSSR count). The lowest BCUT2D eigenvalue weighted by Gasteiger charge is -2.21. The molecule has 0 amide bonds. The number of hydrogen-bond donors (Lipinski definition) is 2. The lowest BCUT2D eigenvalue weighted by atomic mass is 10.2. The van der Waals surface area contributed by atoms with Crippen LogP contribution in [0.5, 0.6) is 0 Å². The van der Waals surface area contributed by atoms with Crippen LogP contribution in [0, 0.1) is 0 Å². The van der Waals surface area contributed by atoms with Gasteiger partial charge < -0.3 is 15.3 Å². The fourth-order valence-electron chi connectivity index (χ4n) is 2.06. The Bertz CT molecular complexity index is 344. The molecule has 1 heterocycles. The van der Waals surface area contributed by atoms with E-state index in [0.29, 0.717) is 6.61 Å². The van der Waals surface area contributed by atoms with Gasteiger partial charge in [-0.15, -0.1) is 0 Å². The van der Waals surface area contributed by atoms with Crippen molar-refractivity contribution >= 4 is 5.82 Å². The number of aliphatic hydroxyl groups excluding tert-OH is 1. The van der Waals surface area contributed by atoms with Gasteiger partial charge in [0.2, 0.25) is 0 Å². The largest absolute Gasteiger partial charge is 0.396 e. The maximum Gasteiger partial charge on any atom is 0.132 e. The van der Waals surface area contributed by atoms with Gasteiger partial charge in [-0.05, 0) is 38.3 Å². The maximum absolute atomic E-state index is 8.78. The molecular weight excluding hydrogens is 238 g/mol. The molecule has 108 valence electrons. The number of nitrogens with one attached hydrogen (secondary N) is 1. The first-order valence-electron chi connectivity index (χ1n) is 7.26. The van der Waals surface area contributed by atoms with Crippen LogP contribution < -0.4 is 10.2 Å². The minimum atomic E-state index is 0.291. The predicted octanol–water partition coefficient (Wildman–Crippen LogP) is 2.18. The van der Waals surface area contributed by atoms with Crippen molar-refractivity contribution < 1.29 is 5.11 Å². The minimum absolute atomic E-state index is 0.291. The van der Waals surface area contributed by atoms with Crippen LogP contribution in [0.2, 0.25) is 0 Å². The molecule has 19 heavy (non-hydrogen) atoms. The van der Waals surface area contributed by atoms with Gasteiger partial charge in [-0.3, -0.25) is 0 Å². The summed E-state index contributed by atoms with van der Waals surface area (Å²) < 4.78 is 0. The minimum Gasteiger partial charge on any atom is -0.396 e. The Morgan fingerprint density at radius 1 is 1.32 bits per heavy atom. The quantitative estimate of drug-likeness (QED) is 0.637. The van der Waals surface area contributed by atoms with E-state index in [0.717, 1.165) is 51.1 Å².